The van der Waals surface area contributed by atoms with Gasteiger partial charge in [-0.1, -0.05) is 0 Å². The highest BCUT2D eigenvalue weighted by molar-refractivity contribution is 7.89. The highest BCUT2D eigenvalue weighted by atomic mass is 32.2. The van der Waals surface area contributed by atoms with E-state index in [1.165, 1.54) is 6.07 Å². The number of anilines is 1. The Morgan fingerprint density at radius 3 is 2.18 bits per heavy atom. The molecule has 0 heterocycles. The summed E-state index contributed by atoms with van der Waals surface area (Å²) in [6.45, 7) is 7.24. The second-order valence-corrected chi connectivity index (χ2v) is 6.43. The van der Waals surface area contributed by atoms with Gasteiger partial charge in [0.2, 0.25) is 10.0 Å². The van der Waals surface area contributed by atoms with Crippen molar-refractivity contribution in [2.45, 2.75) is 38.2 Å². The van der Waals surface area contributed by atoms with Crippen LogP contribution in [-0.2, 0) is 10.0 Å². The van der Waals surface area contributed by atoms with Gasteiger partial charge in [-0.15, -0.1) is 0 Å². The molecule has 0 atom stereocenters. The van der Waals surface area contributed by atoms with Gasteiger partial charge in [-0.05, 0) is 33.8 Å². The minimum atomic E-state index is -3.79. The quantitative estimate of drug-likeness (QED) is 0.784. The number of rotatable bonds is 2. The summed E-state index contributed by atoms with van der Waals surface area (Å²) in [5.74, 6) is 0.432. The molecule has 1 rings (SSSR count). The molecule has 0 saturated heterocycles. The largest absolute Gasteiger partial charge is 0.488 e. The van der Waals surface area contributed by atoms with E-state index in [-0.39, 0.29) is 4.90 Å². The highest BCUT2D eigenvalue weighted by Gasteiger charge is 2.20. The molecule has 4 N–H and O–H groups in total. The summed E-state index contributed by atoms with van der Waals surface area (Å²) in [7, 11) is -3.79. The van der Waals surface area contributed by atoms with Crippen LogP contribution in [0.15, 0.2) is 17.0 Å². The number of benzene rings is 1. The van der Waals surface area contributed by atoms with Gasteiger partial charge in [0.05, 0.1) is 4.90 Å². The predicted octanol–water partition coefficient (Wildman–Crippen LogP) is 1.40. The van der Waals surface area contributed by atoms with E-state index in [2.05, 4.69) is 0 Å². The third-order valence-corrected chi connectivity index (χ3v) is 3.09. The van der Waals surface area contributed by atoms with E-state index in [1.807, 2.05) is 20.8 Å². The van der Waals surface area contributed by atoms with Gasteiger partial charge in [0.15, 0.2) is 0 Å². The Morgan fingerprint density at radius 2 is 1.76 bits per heavy atom. The van der Waals surface area contributed by atoms with E-state index in [9.17, 15) is 8.42 Å². The Bertz CT molecular complexity index is 530. The lowest BCUT2D eigenvalue weighted by atomic mass is 10.1. The molecule has 1 aromatic rings. The second kappa shape index (κ2) is 4.19. The minimum Gasteiger partial charge on any atom is -0.488 e. The van der Waals surface area contributed by atoms with Gasteiger partial charge in [0.1, 0.15) is 11.4 Å². The Morgan fingerprint density at radius 1 is 1.24 bits per heavy atom. The maximum Gasteiger partial charge on any atom is 0.238 e. The van der Waals surface area contributed by atoms with Crippen LogP contribution in [0.25, 0.3) is 0 Å². The molecule has 1 aromatic carbocycles. The van der Waals surface area contributed by atoms with Crippen molar-refractivity contribution in [3.05, 3.63) is 17.7 Å². The van der Waals surface area contributed by atoms with Crippen LogP contribution < -0.4 is 15.6 Å². The first-order valence-corrected chi connectivity index (χ1v) is 6.67. The van der Waals surface area contributed by atoms with Crippen LogP contribution in [0.5, 0.6) is 5.75 Å². The molecule has 17 heavy (non-hydrogen) atoms. The fourth-order valence-electron chi connectivity index (χ4n) is 1.41. The molecule has 0 unspecified atom stereocenters. The van der Waals surface area contributed by atoms with Gasteiger partial charge in [0.25, 0.3) is 0 Å². The van der Waals surface area contributed by atoms with Crippen molar-refractivity contribution in [2.75, 3.05) is 5.73 Å². The van der Waals surface area contributed by atoms with E-state index < -0.39 is 15.6 Å². The van der Waals surface area contributed by atoms with Gasteiger partial charge in [-0.3, -0.25) is 0 Å². The summed E-state index contributed by atoms with van der Waals surface area (Å²) in [6.07, 6.45) is 0. The SMILES string of the molecule is Cc1c(OC(C)(C)C)cc(N)cc1S(N)(=O)=O. The van der Waals surface area contributed by atoms with Gasteiger partial charge < -0.3 is 10.5 Å². The summed E-state index contributed by atoms with van der Waals surface area (Å²) < 4.78 is 28.4. The zero-order valence-electron chi connectivity index (χ0n) is 10.4. The van der Waals surface area contributed by atoms with Gasteiger partial charge in [-0.25, -0.2) is 13.6 Å². The number of nitrogen functional groups attached to an aromatic ring is 1. The number of hydrogen-bond donors (Lipinski definition) is 2. The van der Waals surface area contributed by atoms with Crippen LogP contribution >= 0.6 is 0 Å². The van der Waals surface area contributed by atoms with Crippen LogP contribution in [0.1, 0.15) is 26.3 Å². The maximum atomic E-state index is 11.4. The zero-order valence-corrected chi connectivity index (χ0v) is 11.3. The molecular formula is C11H18N2O3S. The molecule has 0 bridgehead atoms. The van der Waals surface area contributed by atoms with E-state index in [0.717, 1.165) is 0 Å². The average molecular weight is 258 g/mol. The molecule has 0 fully saturated rings. The van der Waals surface area contributed by atoms with Crippen LogP contribution in [0, 0.1) is 6.92 Å². The van der Waals surface area contributed by atoms with Crippen molar-refractivity contribution in [3.8, 4) is 5.75 Å². The second-order valence-electron chi connectivity index (χ2n) is 4.90. The predicted molar refractivity (Wildman–Crippen MR) is 67.3 cm³/mol. The average Bonchev–Trinajstić information content (AvgIpc) is 2.06. The van der Waals surface area contributed by atoms with Gasteiger partial charge in [0, 0.05) is 17.3 Å². The van der Waals surface area contributed by atoms with Crippen molar-refractivity contribution >= 4 is 15.7 Å². The Balaban J connectivity index is 3.40. The van der Waals surface area contributed by atoms with Crippen molar-refractivity contribution in [1.29, 1.82) is 0 Å². The molecular weight excluding hydrogens is 240 g/mol. The first kappa shape index (κ1) is 13.8. The maximum absolute atomic E-state index is 11.4. The van der Waals surface area contributed by atoms with E-state index in [0.29, 0.717) is 17.0 Å². The van der Waals surface area contributed by atoms with Gasteiger partial charge >= 0.3 is 0 Å². The summed E-state index contributed by atoms with van der Waals surface area (Å²) in [6, 6.07) is 2.93. The van der Waals surface area contributed by atoms with E-state index in [4.69, 9.17) is 15.6 Å². The monoisotopic (exact) mass is 258 g/mol. The summed E-state index contributed by atoms with van der Waals surface area (Å²) >= 11 is 0. The van der Waals surface area contributed by atoms with Crippen molar-refractivity contribution in [1.82, 2.24) is 0 Å². The van der Waals surface area contributed by atoms with Crippen LogP contribution in [0.4, 0.5) is 5.69 Å². The standard InChI is InChI=1S/C11H18N2O3S/c1-7-9(16-11(2,3)4)5-8(12)6-10(7)17(13,14)15/h5-6H,12H2,1-4H3,(H2,13,14,15). The first-order valence-electron chi connectivity index (χ1n) is 5.12. The zero-order chi connectivity index (χ0) is 13.4. The molecule has 0 aliphatic rings. The van der Waals surface area contributed by atoms with E-state index >= 15 is 0 Å². The molecule has 0 aromatic heterocycles. The Kier molecular flexibility index (Phi) is 3.40. The van der Waals surface area contributed by atoms with Crippen LogP contribution in [0.2, 0.25) is 0 Å². The first-order chi connectivity index (χ1) is 7.50. The number of sulfonamides is 1. The van der Waals surface area contributed by atoms with Gasteiger partial charge in [-0.2, -0.15) is 0 Å². The van der Waals surface area contributed by atoms with E-state index in [1.54, 1.807) is 13.0 Å². The number of nitrogens with two attached hydrogens (primary N) is 2. The molecule has 0 spiro atoms. The lowest BCUT2D eigenvalue weighted by Gasteiger charge is -2.23. The molecule has 0 aliphatic heterocycles. The normalized spacial score (nSPS) is 12.5. The number of hydrogen-bond acceptors (Lipinski definition) is 4. The lowest BCUT2D eigenvalue weighted by molar-refractivity contribution is 0.129. The molecule has 0 amide bonds. The summed E-state index contributed by atoms with van der Waals surface area (Å²) in [5, 5.41) is 5.12. The summed E-state index contributed by atoms with van der Waals surface area (Å²) in [4.78, 5) is -0.00301. The molecule has 5 nitrogen and oxygen atoms in total. The topological polar surface area (TPSA) is 95.4 Å². The van der Waals surface area contributed by atoms with Crippen molar-refractivity contribution in [3.63, 3.8) is 0 Å². The lowest BCUT2D eigenvalue weighted by Crippen LogP contribution is -2.24. The molecule has 0 radical (unpaired) electrons. The molecule has 6 heteroatoms. The molecule has 0 saturated carbocycles. The number of ether oxygens (including phenoxy) is 1. The highest BCUT2D eigenvalue weighted by Crippen LogP contribution is 2.30. The number of primary sulfonamides is 1. The summed E-state index contributed by atoms with van der Waals surface area (Å²) in [5.41, 5.74) is 5.98. The fraction of sp³-hybridized carbons (Fsp3) is 0.455. The Hall–Kier alpha value is -1.27. The Labute approximate surface area is 102 Å². The van der Waals surface area contributed by atoms with Crippen LogP contribution in [0.3, 0.4) is 0 Å². The van der Waals surface area contributed by atoms with Crippen molar-refractivity contribution in [2.24, 2.45) is 5.14 Å². The molecule has 0 aliphatic carbocycles. The van der Waals surface area contributed by atoms with Crippen LogP contribution in [-0.4, -0.2) is 14.0 Å². The fourth-order valence-corrected chi connectivity index (χ4v) is 2.24. The molecule has 96 valence electrons. The minimum absolute atomic E-state index is 0.00301. The third-order valence-electron chi connectivity index (χ3n) is 2.06. The van der Waals surface area contributed by atoms with Crippen molar-refractivity contribution < 1.29 is 13.2 Å². The smallest absolute Gasteiger partial charge is 0.238 e. The third kappa shape index (κ3) is 3.61.